The van der Waals surface area contributed by atoms with Gasteiger partial charge in [-0.25, -0.2) is 4.98 Å². The molecule has 0 N–H and O–H groups in total. The number of para-hydroxylation sites is 1. The Balaban J connectivity index is 1.96. The largest absolute Gasteiger partial charge is 0.292 e. The van der Waals surface area contributed by atoms with E-state index in [4.69, 9.17) is 0 Å². The van der Waals surface area contributed by atoms with Crippen LogP contribution in [0.4, 0.5) is 0 Å². The van der Waals surface area contributed by atoms with Crippen LogP contribution in [0.2, 0.25) is 0 Å². The second-order valence-corrected chi connectivity index (χ2v) is 6.39. The van der Waals surface area contributed by atoms with Crippen molar-refractivity contribution in [1.82, 2.24) is 9.97 Å². The van der Waals surface area contributed by atoms with Gasteiger partial charge in [0.15, 0.2) is 5.78 Å². The Labute approximate surface area is 138 Å². The molecule has 2 heterocycles. The first-order valence-electron chi connectivity index (χ1n) is 6.31. The molecule has 2 aromatic heterocycles. The standard InChI is InChI=1S/C16H10Br2N2O/c17-12-5-10(8-19-9-12)6-15(21)16-13(18)7-11-3-1-2-4-14(11)20-16/h1-5,7-9H,6H2. The number of nitrogens with zero attached hydrogens (tertiary/aromatic N) is 2. The Kier molecular flexibility index (Phi) is 4.12. The van der Waals surface area contributed by atoms with E-state index in [2.05, 4.69) is 41.8 Å². The highest BCUT2D eigenvalue weighted by Gasteiger charge is 2.14. The molecule has 0 saturated carbocycles. The van der Waals surface area contributed by atoms with Gasteiger partial charge in [-0.2, -0.15) is 0 Å². The molecule has 0 amide bonds. The molecule has 0 aliphatic heterocycles. The number of fused-ring (bicyclic) bond motifs is 1. The van der Waals surface area contributed by atoms with Crippen molar-refractivity contribution in [3.05, 3.63) is 69.0 Å². The summed E-state index contributed by atoms with van der Waals surface area (Å²) < 4.78 is 1.58. The van der Waals surface area contributed by atoms with Crippen LogP contribution in [-0.2, 0) is 6.42 Å². The van der Waals surface area contributed by atoms with Gasteiger partial charge in [-0.05, 0) is 55.6 Å². The van der Waals surface area contributed by atoms with Gasteiger partial charge in [0.1, 0.15) is 5.69 Å². The summed E-state index contributed by atoms with van der Waals surface area (Å²) in [5.74, 6) is -0.0347. The number of halogens is 2. The van der Waals surface area contributed by atoms with Gasteiger partial charge in [0.25, 0.3) is 0 Å². The van der Waals surface area contributed by atoms with Gasteiger partial charge in [-0.1, -0.05) is 18.2 Å². The third kappa shape index (κ3) is 3.19. The maximum absolute atomic E-state index is 12.5. The number of Topliss-reactive ketones (excluding diaryl/α,β-unsaturated/α-hetero) is 1. The van der Waals surface area contributed by atoms with Crippen LogP contribution in [0.25, 0.3) is 10.9 Å². The smallest absolute Gasteiger partial charge is 0.186 e. The molecule has 1 aromatic carbocycles. The molecule has 0 fully saturated rings. The highest BCUT2D eigenvalue weighted by atomic mass is 79.9. The van der Waals surface area contributed by atoms with Crippen molar-refractivity contribution in [3.8, 4) is 0 Å². The average molecular weight is 406 g/mol. The molecule has 3 aromatic rings. The molecule has 104 valence electrons. The number of carbonyl (C=O) groups excluding carboxylic acids is 1. The van der Waals surface area contributed by atoms with E-state index in [1.54, 1.807) is 12.4 Å². The van der Waals surface area contributed by atoms with Crippen molar-refractivity contribution >= 4 is 48.5 Å². The Hall–Kier alpha value is -1.59. The first-order chi connectivity index (χ1) is 10.1. The minimum Gasteiger partial charge on any atom is -0.292 e. The van der Waals surface area contributed by atoms with Crippen LogP contribution >= 0.6 is 31.9 Å². The van der Waals surface area contributed by atoms with E-state index in [9.17, 15) is 4.79 Å². The van der Waals surface area contributed by atoms with Gasteiger partial charge >= 0.3 is 0 Å². The molecule has 0 spiro atoms. The lowest BCUT2D eigenvalue weighted by Crippen LogP contribution is -2.07. The molecule has 0 saturated heterocycles. The Morgan fingerprint density at radius 1 is 1.10 bits per heavy atom. The molecular weight excluding hydrogens is 396 g/mol. The van der Waals surface area contributed by atoms with Crippen LogP contribution in [0.15, 0.2) is 57.7 Å². The Bertz CT molecular complexity index is 833. The third-order valence-electron chi connectivity index (χ3n) is 3.07. The quantitative estimate of drug-likeness (QED) is 0.599. The average Bonchev–Trinajstić information content (AvgIpc) is 2.46. The number of hydrogen-bond donors (Lipinski definition) is 0. The fourth-order valence-corrected chi connectivity index (χ4v) is 3.08. The van der Waals surface area contributed by atoms with Crippen LogP contribution in [-0.4, -0.2) is 15.8 Å². The van der Waals surface area contributed by atoms with Gasteiger partial charge < -0.3 is 0 Å². The van der Waals surface area contributed by atoms with Crippen molar-refractivity contribution in [2.45, 2.75) is 6.42 Å². The molecule has 3 rings (SSSR count). The second kappa shape index (κ2) is 6.03. The number of benzene rings is 1. The predicted octanol–water partition coefficient (Wildman–Crippen LogP) is 4.58. The molecule has 0 aliphatic rings. The van der Waals surface area contributed by atoms with Gasteiger partial charge in [-0.3, -0.25) is 9.78 Å². The van der Waals surface area contributed by atoms with Crippen molar-refractivity contribution in [2.75, 3.05) is 0 Å². The first-order valence-corrected chi connectivity index (χ1v) is 7.90. The molecule has 21 heavy (non-hydrogen) atoms. The van der Waals surface area contributed by atoms with E-state index in [0.29, 0.717) is 10.2 Å². The first kappa shape index (κ1) is 14.4. The van der Waals surface area contributed by atoms with E-state index in [-0.39, 0.29) is 12.2 Å². The summed E-state index contributed by atoms with van der Waals surface area (Å²) in [4.78, 5) is 21.0. The van der Waals surface area contributed by atoms with E-state index < -0.39 is 0 Å². The predicted molar refractivity (Wildman–Crippen MR) is 89.4 cm³/mol. The monoisotopic (exact) mass is 404 g/mol. The summed E-state index contributed by atoms with van der Waals surface area (Å²) in [5.41, 5.74) is 2.13. The Morgan fingerprint density at radius 3 is 2.71 bits per heavy atom. The zero-order chi connectivity index (χ0) is 14.8. The molecule has 0 atom stereocenters. The Morgan fingerprint density at radius 2 is 1.90 bits per heavy atom. The zero-order valence-corrected chi connectivity index (χ0v) is 14.1. The van der Waals surface area contributed by atoms with Crippen molar-refractivity contribution in [1.29, 1.82) is 0 Å². The second-order valence-electron chi connectivity index (χ2n) is 4.62. The van der Waals surface area contributed by atoms with Crippen molar-refractivity contribution in [3.63, 3.8) is 0 Å². The number of pyridine rings is 2. The molecular formula is C16H10Br2N2O. The van der Waals surface area contributed by atoms with Gasteiger partial charge in [0.05, 0.1) is 5.52 Å². The van der Waals surface area contributed by atoms with E-state index >= 15 is 0 Å². The minimum atomic E-state index is -0.0347. The minimum absolute atomic E-state index is 0.0347. The highest BCUT2D eigenvalue weighted by Crippen LogP contribution is 2.23. The molecule has 3 nitrogen and oxygen atoms in total. The summed E-state index contributed by atoms with van der Waals surface area (Å²) in [6.07, 6.45) is 3.66. The number of aromatic nitrogens is 2. The summed E-state index contributed by atoms with van der Waals surface area (Å²) in [5, 5.41) is 1.00. The van der Waals surface area contributed by atoms with E-state index in [0.717, 1.165) is 20.9 Å². The van der Waals surface area contributed by atoms with Crippen LogP contribution < -0.4 is 0 Å². The summed E-state index contributed by atoms with van der Waals surface area (Å²) in [6, 6.07) is 11.5. The summed E-state index contributed by atoms with van der Waals surface area (Å²) in [6.45, 7) is 0. The molecule has 0 bridgehead atoms. The van der Waals surface area contributed by atoms with Gasteiger partial charge in [0, 0.05) is 33.1 Å². The van der Waals surface area contributed by atoms with Crippen molar-refractivity contribution < 1.29 is 4.79 Å². The lowest BCUT2D eigenvalue weighted by Gasteiger charge is -2.06. The number of carbonyl (C=O) groups is 1. The number of ketones is 1. The van der Waals surface area contributed by atoms with Gasteiger partial charge in [-0.15, -0.1) is 0 Å². The molecule has 5 heteroatoms. The van der Waals surface area contributed by atoms with Crippen LogP contribution in [0, 0.1) is 0 Å². The summed E-state index contributed by atoms with van der Waals surface area (Å²) in [7, 11) is 0. The highest BCUT2D eigenvalue weighted by molar-refractivity contribution is 9.10. The maximum atomic E-state index is 12.5. The van der Waals surface area contributed by atoms with Crippen LogP contribution in [0.3, 0.4) is 0 Å². The van der Waals surface area contributed by atoms with E-state index in [1.165, 1.54) is 0 Å². The topological polar surface area (TPSA) is 42.9 Å². The lowest BCUT2D eigenvalue weighted by atomic mass is 10.1. The molecule has 0 radical (unpaired) electrons. The number of hydrogen-bond acceptors (Lipinski definition) is 3. The summed E-state index contributed by atoms with van der Waals surface area (Å²) >= 11 is 6.79. The normalized spacial score (nSPS) is 10.8. The molecule has 0 aliphatic carbocycles. The fraction of sp³-hybridized carbons (Fsp3) is 0.0625. The fourth-order valence-electron chi connectivity index (χ4n) is 2.11. The lowest BCUT2D eigenvalue weighted by molar-refractivity contribution is 0.0987. The maximum Gasteiger partial charge on any atom is 0.186 e. The zero-order valence-electron chi connectivity index (χ0n) is 10.9. The van der Waals surface area contributed by atoms with E-state index in [1.807, 2.05) is 36.4 Å². The third-order valence-corrected chi connectivity index (χ3v) is 4.11. The number of rotatable bonds is 3. The van der Waals surface area contributed by atoms with Gasteiger partial charge in [0.2, 0.25) is 0 Å². The van der Waals surface area contributed by atoms with Crippen LogP contribution in [0.1, 0.15) is 16.1 Å². The SMILES string of the molecule is O=C(Cc1cncc(Br)c1)c1nc2ccccc2cc1Br. The molecule has 0 unspecified atom stereocenters. The van der Waals surface area contributed by atoms with Crippen LogP contribution in [0.5, 0.6) is 0 Å². The van der Waals surface area contributed by atoms with Crippen molar-refractivity contribution in [2.24, 2.45) is 0 Å².